The molecule has 11 heteroatoms. The Morgan fingerprint density at radius 1 is 0.921 bits per heavy atom. The maximum atomic E-state index is 12.7. The molecular formula is C27H38F3N2O5S+. The predicted octanol–water partition coefficient (Wildman–Crippen LogP) is 5.18. The lowest BCUT2D eigenvalue weighted by atomic mass is 10.0. The van der Waals surface area contributed by atoms with E-state index in [4.69, 9.17) is 15.0 Å². The molecular weight excluding hydrogens is 521 g/mol. The topological polar surface area (TPSA) is 104 Å². The van der Waals surface area contributed by atoms with Crippen LogP contribution in [0.5, 0.6) is 0 Å². The van der Waals surface area contributed by atoms with Crippen molar-refractivity contribution in [3.8, 4) is 0 Å². The zero-order valence-corrected chi connectivity index (χ0v) is 23.1. The van der Waals surface area contributed by atoms with Gasteiger partial charge >= 0.3 is 18.1 Å². The number of halogens is 3. The summed E-state index contributed by atoms with van der Waals surface area (Å²) < 4.78 is 32.3. The second-order valence-corrected chi connectivity index (χ2v) is 11.3. The van der Waals surface area contributed by atoms with Gasteiger partial charge in [0.15, 0.2) is 0 Å². The summed E-state index contributed by atoms with van der Waals surface area (Å²) in [5.74, 6) is -3.85. The summed E-state index contributed by atoms with van der Waals surface area (Å²) in [7, 11) is 5.96. The Hall–Kier alpha value is -2.92. The van der Waals surface area contributed by atoms with Crippen LogP contribution < -0.4 is 5.32 Å². The molecule has 212 valence electrons. The van der Waals surface area contributed by atoms with Crippen LogP contribution >= 0.6 is 11.3 Å². The van der Waals surface area contributed by atoms with Crippen molar-refractivity contribution in [2.24, 2.45) is 0 Å². The Morgan fingerprint density at radius 3 is 1.95 bits per heavy atom. The minimum Gasteiger partial charge on any atom is -0.481 e. The molecule has 0 bridgehead atoms. The number of nitrogens with zero attached hydrogens (tertiary/aromatic N) is 1. The van der Waals surface area contributed by atoms with Gasteiger partial charge in [0.2, 0.25) is 0 Å². The van der Waals surface area contributed by atoms with Gasteiger partial charge in [-0.15, -0.1) is 11.3 Å². The molecule has 0 aliphatic heterocycles. The number of rotatable bonds is 13. The number of carbonyl (C=O) groups excluding carboxylic acids is 1. The van der Waals surface area contributed by atoms with Gasteiger partial charge in [-0.05, 0) is 48.9 Å². The number of likely N-dealkylation sites (N-methyl/N-ethyl adjacent to an activating group) is 1. The number of hydrogen-bond donors (Lipinski definition) is 3. The third-order valence-electron chi connectivity index (χ3n) is 5.40. The SMILES string of the molecule is CCCCCc1ccc(CCc2ccc(C(=O)N[C@H](CC(=O)O)C[N+](C)(C)C)s2)cc1.O=C(O)C(F)(F)F. The first-order chi connectivity index (χ1) is 17.6. The molecule has 0 saturated carbocycles. The summed E-state index contributed by atoms with van der Waals surface area (Å²) >= 11 is 1.49. The highest BCUT2D eigenvalue weighted by Crippen LogP contribution is 2.20. The minimum absolute atomic E-state index is 0.0755. The summed E-state index contributed by atoms with van der Waals surface area (Å²) in [4.78, 5) is 34.5. The fraction of sp³-hybridized carbons (Fsp3) is 0.519. The van der Waals surface area contributed by atoms with Crippen molar-refractivity contribution in [1.82, 2.24) is 5.32 Å². The van der Waals surface area contributed by atoms with Crippen LogP contribution in [0.1, 0.15) is 58.3 Å². The van der Waals surface area contributed by atoms with E-state index in [1.807, 2.05) is 33.3 Å². The fourth-order valence-corrected chi connectivity index (χ4v) is 4.55. The number of thiophene rings is 1. The van der Waals surface area contributed by atoms with Gasteiger partial charge in [0.25, 0.3) is 5.91 Å². The van der Waals surface area contributed by atoms with Crippen LogP contribution in [0.15, 0.2) is 36.4 Å². The second kappa shape index (κ2) is 15.5. The third kappa shape index (κ3) is 14.1. The van der Waals surface area contributed by atoms with E-state index in [0.29, 0.717) is 15.9 Å². The smallest absolute Gasteiger partial charge is 0.481 e. The molecule has 1 amide bonds. The van der Waals surface area contributed by atoms with Gasteiger partial charge in [-0.25, -0.2) is 4.79 Å². The molecule has 0 spiro atoms. The Labute approximate surface area is 225 Å². The van der Waals surface area contributed by atoms with Gasteiger partial charge in [-0.3, -0.25) is 9.59 Å². The fourth-order valence-electron chi connectivity index (χ4n) is 3.64. The highest BCUT2D eigenvalue weighted by atomic mass is 32.1. The highest BCUT2D eigenvalue weighted by Gasteiger charge is 2.38. The maximum absolute atomic E-state index is 12.7. The largest absolute Gasteiger partial charge is 0.490 e. The van der Waals surface area contributed by atoms with Crippen LogP contribution in [-0.2, 0) is 28.9 Å². The number of carboxylic acids is 2. The molecule has 38 heavy (non-hydrogen) atoms. The molecule has 2 aromatic rings. The monoisotopic (exact) mass is 559 g/mol. The number of benzene rings is 1. The Kier molecular flexibility index (Phi) is 13.5. The molecule has 2 rings (SSSR count). The standard InChI is InChI=1S/C25H36N2O3S.C2HF3O2/c1-5-6-7-8-19-9-11-20(12-10-19)13-14-22-15-16-23(31-22)25(30)26-21(17-24(28)29)18-27(2,3)4;3-2(4,5)1(6)7/h9-12,15-16,21H,5-8,13-14,17-18H2,1-4H3,(H-,26,28,29,30);(H,6,7)/p+1/t21-;/m1./s1. The molecule has 7 nitrogen and oxygen atoms in total. The van der Waals surface area contributed by atoms with E-state index < -0.39 is 24.2 Å². The number of quaternary nitrogens is 1. The van der Waals surface area contributed by atoms with Crippen LogP contribution in [0, 0.1) is 0 Å². The van der Waals surface area contributed by atoms with E-state index in [2.05, 4.69) is 36.5 Å². The van der Waals surface area contributed by atoms with Crippen molar-refractivity contribution >= 4 is 29.2 Å². The third-order valence-corrected chi connectivity index (χ3v) is 6.55. The number of amides is 1. The molecule has 3 N–H and O–H groups in total. The van der Waals surface area contributed by atoms with E-state index in [-0.39, 0.29) is 12.3 Å². The van der Waals surface area contributed by atoms with Gasteiger partial charge in [-0.2, -0.15) is 13.2 Å². The van der Waals surface area contributed by atoms with Crippen LogP contribution in [-0.4, -0.2) is 72.4 Å². The van der Waals surface area contributed by atoms with Crippen LogP contribution in [0.3, 0.4) is 0 Å². The zero-order valence-electron chi connectivity index (χ0n) is 22.3. The Bertz CT molecular complexity index is 1030. The van der Waals surface area contributed by atoms with Gasteiger partial charge in [0, 0.05) is 4.88 Å². The van der Waals surface area contributed by atoms with E-state index in [1.54, 1.807) is 0 Å². The average Bonchev–Trinajstić information content (AvgIpc) is 3.26. The number of carboxylic acid groups (broad SMARTS) is 2. The molecule has 1 aromatic heterocycles. The normalized spacial score (nSPS) is 12.3. The lowest BCUT2D eigenvalue weighted by Crippen LogP contribution is -2.49. The van der Waals surface area contributed by atoms with Crippen molar-refractivity contribution in [3.63, 3.8) is 0 Å². The molecule has 0 fully saturated rings. The molecule has 1 atom stereocenters. The maximum Gasteiger partial charge on any atom is 0.490 e. The van der Waals surface area contributed by atoms with Crippen molar-refractivity contribution in [1.29, 1.82) is 0 Å². The summed E-state index contributed by atoms with van der Waals surface area (Å²) in [6.07, 6.45) is 1.60. The van der Waals surface area contributed by atoms with Gasteiger partial charge in [0.1, 0.15) is 0 Å². The van der Waals surface area contributed by atoms with Crippen LogP contribution in [0.25, 0.3) is 0 Å². The van der Waals surface area contributed by atoms with E-state index >= 15 is 0 Å². The van der Waals surface area contributed by atoms with Gasteiger partial charge < -0.3 is 20.0 Å². The predicted molar refractivity (Wildman–Crippen MR) is 141 cm³/mol. The molecule has 0 aliphatic rings. The van der Waals surface area contributed by atoms with Gasteiger partial charge in [-0.1, -0.05) is 44.0 Å². The lowest BCUT2D eigenvalue weighted by Gasteiger charge is -2.29. The first-order valence-corrected chi connectivity index (χ1v) is 13.2. The number of nitrogens with one attached hydrogen (secondary N) is 1. The Morgan fingerprint density at radius 2 is 1.47 bits per heavy atom. The average molecular weight is 560 g/mol. The van der Waals surface area contributed by atoms with Gasteiger partial charge in [0.05, 0.1) is 45.0 Å². The van der Waals surface area contributed by atoms with Crippen LogP contribution in [0.4, 0.5) is 13.2 Å². The summed E-state index contributed by atoms with van der Waals surface area (Å²) in [6.45, 7) is 2.78. The molecule has 0 saturated heterocycles. The molecule has 1 heterocycles. The van der Waals surface area contributed by atoms with Crippen LogP contribution in [0.2, 0.25) is 0 Å². The second-order valence-electron chi connectivity index (χ2n) is 10.1. The summed E-state index contributed by atoms with van der Waals surface area (Å²) in [6, 6.07) is 12.3. The zero-order chi connectivity index (χ0) is 28.9. The van der Waals surface area contributed by atoms with Crippen molar-refractivity contribution in [2.45, 2.75) is 64.1 Å². The Balaban J connectivity index is 0.000000905. The quantitative estimate of drug-likeness (QED) is 0.232. The van der Waals surface area contributed by atoms with E-state index in [9.17, 15) is 22.8 Å². The number of carbonyl (C=O) groups is 3. The van der Waals surface area contributed by atoms with E-state index in [0.717, 1.165) is 19.3 Å². The van der Waals surface area contributed by atoms with Crippen molar-refractivity contribution < 1.29 is 42.3 Å². The number of aryl methyl sites for hydroxylation is 3. The summed E-state index contributed by atoms with van der Waals surface area (Å²) in [5, 5.41) is 19.2. The highest BCUT2D eigenvalue weighted by molar-refractivity contribution is 7.14. The number of alkyl halides is 3. The molecule has 0 radical (unpaired) electrons. The molecule has 0 aliphatic carbocycles. The molecule has 0 unspecified atom stereocenters. The number of aliphatic carboxylic acids is 2. The number of hydrogen-bond acceptors (Lipinski definition) is 4. The van der Waals surface area contributed by atoms with Crippen molar-refractivity contribution in [3.05, 3.63) is 57.3 Å². The lowest BCUT2D eigenvalue weighted by molar-refractivity contribution is -0.871. The van der Waals surface area contributed by atoms with E-state index in [1.165, 1.54) is 46.6 Å². The van der Waals surface area contributed by atoms with Crippen molar-refractivity contribution in [2.75, 3.05) is 27.7 Å². The first-order valence-electron chi connectivity index (χ1n) is 12.4. The molecule has 1 aromatic carbocycles. The summed E-state index contributed by atoms with van der Waals surface area (Å²) in [5.41, 5.74) is 2.71. The minimum atomic E-state index is -5.08. The first kappa shape index (κ1) is 33.1. The number of unbranched alkanes of at least 4 members (excludes halogenated alkanes) is 2.